The van der Waals surface area contributed by atoms with E-state index in [9.17, 15) is 4.79 Å². The Morgan fingerprint density at radius 3 is 2.81 bits per heavy atom. The molecular formula is C14H20BrN3O3. The first-order valence-electron chi connectivity index (χ1n) is 6.76. The molecule has 3 N–H and O–H groups in total. The van der Waals surface area contributed by atoms with Gasteiger partial charge in [0.05, 0.1) is 23.9 Å². The van der Waals surface area contributed by atoms with E-state index < -0.39 is 6.03 Å². The van der Waals surface area contributed by atoms with Gasteiger partial charge < -0.3 is 15.2 Å². The SMILES string of the molecule is CCCCOc1c(Br)cc(C=NNC(N)=O)cc1OCC. The maximum atomic E-state index is 10.6. The number of carbonyl (C=O) groups excluding carboxylic acids is 1. The average Bonchev–Trinajstić information content (AvgIpc) is 2.42. The smallest absolute Gasteiger partial charge is 0.332 e. The molecule has 0 aliphatic heterocycles. The molecule has 0 bridgehead atoms. The summed E-state index contributed by atoms with van der Waals surface area (Å²) in [5.41, 5.74) is 7.83. The molecule has 1 rings (SSSR count). The number of halogens is 1. The molecule has 0 spiro atoms. The van der Waals surface area contributed by atoms with Crippen molar-refractivity contribution < 1.29 is 14.3 Å². The fourth-order valence-electron chi connectivity index (χ4n) is 1.55. The van der Waals surface area contributed by atoms with Crippen LogP contribution in [0.15, 0.2) is 21.7 Å². The number of ether oxygens (including phenoxy) is 2. The molecule has 116 valence electrons. The monoisotopic (exact) mass is 357 g/mol. The van der Waals surface area contributed by atoms with Crippen LogP contribution in [0.3, 0.4) is 0 Å². The fourth-order valence-corrected chi connectivity index (χ4v) is 2.13. The fraction of sp³-hybridized carbons (Fsp3) is 0.429. The number of amides is 2. The lowest BCUT2D eigenvalue weighted by Crippen LogP contribution is -2.24. The third-order valence-corrected chi connectivity index (χ3v) is 3.05. The lowest BCUT2D eigenvalue weighted by Gasteiger charge is -2.14. The van der Waals surface area contributed by atoms with Crippen molar-refractivity contribution in [1.82, 2.24) is 5.43 Å². The van der Waals surface area contributed by atoms with Gasteiger partial charge in [0, 0.05) is 0 Å². The van der Waals surface area contributed by atoms with Gasteiger partial charge in [-0.25, -0.2) is 10.2 Å². The second kappa shape index (κ2) is 9.23. The Bertz CT molecular complexity index is 506. The highest BCUT2D eigenvalue weighted by atomic mass is 79.9. The Labute approximate surface area is 132 Å². The number of nitrogens with two attached hydrogens (primary N) is 1. The van der Waals surface area contributed by atoms with E-state index in [1.165, 1.54) is 6.21 Å². The second-order valence-corrected chi connectivity index (χ2v) is 5.05. The van der Waals surface area contributed by atoms with Gasteiger partial charge in [-0.2, -0.15) is 5.10 Å². The number of unbranched alkanes of at least 4 members (excludes halogenated alkanes) is 1. The van der Waals surface area contributed by atoms with Crippen LogP contribution in [-0.2, 0) is 0 Å². The van der Waals surface area contributed by atoms with Crippen LogP contribution in [0.4, 0.5) is 4.79 Å². The lowest BCUT2D eigenvalue weighted by molar-refractivity contribution is 0.249. The Hall–Kier alpha value is -1.76. The van der Waals surface area contributed by atoms with Gasteiger partial charge in [-0.05, 0) is 47.0 Å². The molecule has 7 heteroatoms. The molecule has 0 heterocycles. The van der Waals surface area contributed by atoms with E-state index >= 15 is 0 Å². The third kappa shape index (κ3) is 6.03. The topological polar surface area (TPSA) is 85.9 Å². The van der Waals surface area contributed by atoms with Crippen LogP contribution in [0, 0.1) is 0 Å². The normalized spacial score (nSPS) is 10.6. The minimum absolute atomic E-state index is 0.525. The van der Waals surface area contributed by atoms with E-state index in [0.717, 1.165) is 22.9 Å². The summed E-state index contributed by atoms with van der Waals surface area (Å²) >= 11 is 3.46. The van der Waals surface area contributed by atoms with E-state index in [-0.39, 0.29) is 0 Å². The van der Waals surface area contributed by atoms with Crippen LogP contribution in [0.5, 0.6) is 11.5 Å². The van der Waals surface area contributed by atoms with Crippen molar-refractivity contribution in [2.24, 2.45) is 10.8 Å². The Morgan fingerprint density at radius 1 is 1.43 bits per heavy atom. The van der Waals surface area contributed by atoms with Crippen molar-refractivity contribution in [1.29, 1.82) is 0 Å². The lowest BCUT2D eigenvalue weighted by atomic mass is 10.2. The van der Waals surface area contributed by atoms with Crippen LogP contribution in [0.25, 0.3) is 0 Å². The molecule has 0 aliphatic carbocycles. The van der Waals surface area contributed by atoms with E-state index in [1.807, 2.05) is 13.0 Å². The molecular weight excluding hydrogens is 338 g/mol. The summed E-state index contributed by atoms with van der Waals surface area (Å²) in [6.45, 7) is 5.16. The predicted molar refractivity (Wildman–Crippen MR) is 86.0 cm³/mol. The first kappa shape index (κ1) is 17.3. The molecule has 0 saturated carbocycles. The van der Waals surface area contributed by atoms with Crippen molar-refractivity contribution in [3.8, 4) is 11.5 Å². The summed E-state index contributed by atoms with van der Waals surface area (Å²) in [7, 11) is 0. The summed E-state index contributed by atoms with van der Waals surface area (Å²) in [6.07, 6.45) is 3.52. The molecule has 0 aliphatic rings. The first-order valence-corrected chi connectivity index (χ1v) is 7.55. The number of nitrogens with zero attached hydrogens (tertiary/aromatic N) is 1. The van der Waals surface area contributed by atoms with Crippen LogP contribution in [0.2, 0.25) is 0 Å². The minimum atomic E-state index is -0.713. The van der Waals surface area contributed by atoms with Crippen LogP contribution < -0.4 is 20.6 Å². The zero-order chi connectivity index (χ0) is 15.7. The van der Waals surface area contributed by atoms with Gasteiger partial charge in [0.1, 0.15) is 0 Å². The highest BCUT2D eigenvalue weighted by Crippen LogP contribution is 2.36. The summed E-state index contributed by atoms with van der Waals surface area (Å²) in [6, 6.07) is 2.91. The van der Waals surface area contributed by atoms with Gasteiger partial charge in [0.2, 0.25) is 0 Å². The van der Waals surface area contributed by atoms with Crippen LogP contribution in [0.1, 0.15) is 32.3 Å². The number of carbonyl (C=O) groups is 1. The zero-order valence-corrected chi connectivity index (χ0v) is 13.8. The number of primary amides is 1. The van der Waals surface area contributed by atoms with Gasteiger partial charge in [-0.15, -0.1) is 0 Å². The Kier molecular flexibility index (Phi) is 7.60. The van der Waals surface area contributed by atoms with E-state index in [0.29, 0.717) is 24.7 Å². The van der Waals surface area contributed by atoms with Gasteiger partial charge in [-0.1, -0.05) is 13.3 Å². The summed E-state index contributed by atoms with van der Waals surface area (Å²) < 4.78 is 12.1. The average molecular weight is 358 g/mol. The zero-order valence-electron chi connectivity index (χ0n) is 12.2. The minimum Gasteiger partial charge on any atom is -0.490 e. The molecule has 6 nitrogen and oxygen atoms in total. The summed E-state index contributed by atoms with van der Waals surface area (Å²) in [5.74, 6) is 1.30. The third-order valence-electron chi connectivity index (χ3n) is 2.46. The molecule has 1 aromatic rings. The number of hydrogen-bond acceptors (Lipinski definition) is 4. The van der Waals surface area contributed by atoms with Gasteiger partial charge >= 0.3 is 6.03 Å². The maximum absolute atomic E-state index is 10.6. The largest absolute Gasteiger partial charge is 0.490 e. The molecule has 0 atom stereocenters. The summed E-state index contributed by atoms with van der Waals surface area (Å²) in [5, 5.41) is 3.72. The van der Waals surface area contributed by atoms with Crippen molar-refractivity contribution in [2.45, 2.75) is 26.7 Å². The number of urea groups is 1. The molecule has 0 fully saturated rings. The maximum Gasteiger partial charge on any atom is 0.332 e. The predicted octanol–water partition coefficient (Wildman–Crippen LogP) is 3.03. The van der Waals surface area contributed by atoms with Gasteiger partial charge in [0.25, 0.3) is 0 Å². The molecule has 2 amide bonds. The van der Waals surface area contributed by atoms with E-state index in [4.69, 9.17) is 15.2 Å². The standard InChI is InChI=1S/C14H20BrN3O3/c1-3-5-6-21-13-11(15)7-10(8-12(13)20-4-2)9-17-18-14(16)19/h7-9H,3-6H2,1-2H3,(H3,16,18,19). The highest BCUT2D eigenvalue weighted by molar-refractivity contribution is 9.10. The number of benzene rings is 1. The number of hydrogen-bond donors (Lipinski definition) is 2. The highest BCUT2D eigenvalue weighted by Gasteiger charge is 2.11. The Balaban J connectivity index is 2.94. The quantitative estimate of drug-likeness (QED) is 0.426. The number of nitrogens with one attached hydrogen (secondary N) is 1. The summed E-state index contributed by atoms with van der Waals surface area (Å²) in [4.78, 5) is 10.6. The van der Waals surface area contributed by atoms with Crippen LogP contribution >= 0.6 is 15.9 Å². The number of rotatable bonds is 8. The molecule has 0 aromatic heterocycles. The first-order chi connectivity index (χ1) is 10.1. The van der Waals surface area contributed by atoms with Crippen molar-refractivity contribution in [3.63, 3.8) is 0 Å². The van der Waals surface area contributed by atoms with Gasteiger partial charge in [0.15, 0.2) is 11.5 Å². The van der Waals surface area contributed by atoms with Gasteiger partial charge in [-0.3, -0.25) is 0 Å². The molecule has 1 aromatic carbocycles. The van der Waals surface area contributed by atoms with Crippen molar-refractivity contribution in [3.05, 3.63) is 22.2 Å². The van der Waals surface area contributed by atoms with E-state index in [1.54, 1.807) is 6.07 Å². The molecule has 0 unspecified atom stereocenters. The molecule has 0 radical (unpaired) electrons. The molecule has 0 saturated heterocycles. The van der Waals surface area contributed by atoms with Crippen molar-refractivity contribution in [2.75, 3.05) is 13.2 Å². The Morgan fingerprint density at radius 2 is 2.19 bits per heavy atom. The van der Waals surface area contributed by atoms with Crippen molar-refractivity contribution >= 4 is 28.2 Å². The van der Waals surface area contributed by atoms with Crippen LogP contribution in [-0.4, -0.2) is 25.5 Å². The molecule has 21 heavy (non-hydrogen) atoms. The number of hydrazone groups is 1. The van der Waals surface area contributed by atoms with E-state index in [2.05, 4.69) is 33.4 Å². The second-order valence-electron chi connectivity index (χ2n) is 4.20.